The molecule has 112 valence electrons. The Bertz CT molecular complexity index is 457. The van der Waals surface area contributed by atoms with E-state index in [4.69, 9.17) is 4.98 Å². The minimum atomic E-state index is 0.527. The summed E-state index contributed by atoms with van der Waals surface area (Å²) in [6.07, 6.45) is 6.28. The van der Waals surface area contributed by atoms with Gasteiger partial charge in [0.05, 0.1) is 5.69 Å². The van der Waals surface area contributed by atoms with E-state index in [2.05, 4.69) is 36.3 Å². The fourth-order valence-corrected chi connectivity index (χ4v) is 4.66. The standard InChI is InChI=1S/C15H26N4S/c1-16-12-7-4-8-13-14(12)20-15(17-13)19-9-5-6-11(10-19)18(2)3/h11-12,16H,4-10H2,1-3H3. The van der Waals surface area contributed by atoms with Crippen LogP contribution < -0.4 is 10.2 Å². The van der Waals surface area contributed by atoms with E-state index in [9.17, 15) is 0 Å². The molecule has 2 heterocycles. The van der Waals surface area contributed by atoms with E-state index < -0.39 is 0 Å². The molecule has 2 unspecified atom stereocenters. The zero-order valence-corrected chi connectivity index (χ0v) is 13.7. The van der Waals surface area contributed by atoms with E-state index in [1.54, 1.807) is 0 Å². The first-order chi connectivity index (χ1) is 9.69. The smallest absolute Gasteiger partial charge is 0.185 e. The Kier molecular flexibility index (Phi) is 4.29. The molecule has 0 saturated carbocycles. The van der Waals surface area contributed by atoms with Crippen molar-refractivity contribution in [2.45, 2.75) is 44.2 Å². The van der Waals surface area contributed by atoms with Crippen LogP contribution in [0.25, 0.3) is 0 Å². The zero-order valence-electron chi connectivity index (χ0n) is 12.9. The molecule has 2 aliphatic rings. The van der Waals surface area contributed by atoms with Crippen LogP contribution >= 0.6 is 11.3 Å². The highest BCUT2D eigenvalue weighted by Gasteiger charge is 2.28. The van der Waals surface area contributed by atoms with E-state index >= 15 is 0 Å². The summed E-state index contributed by atoms with van der Waals surface area (Å²) in [5.41, 5.74) is 1.35. The predicted octanol–water partition coefficient (Wildman–Crippen LogP) is 2.27. The molecular weight excluding hydrogens is 268 g/mol. The third-order valence-electron chi connectivity index (χ3n) is 4.68. The molecule has 1 fully saturated rings. The molecule has 1 aliphatic carbocycles. The number of piperidine rings is 1. The zero-order chi connectivity index (χ0) is 14.1. The molecule has 1 aromatic rings. The first kappa shape index (κ1) is 14.3. The van der Waals surface area contributed by atoms with Crippen LogP contribution in [-0.4, -0.2) is 50.2 Å². The van der Waals surface area contributed by atoms with Gasteiger partial charge in [0.2, 0.25) is 0 Å². The predicted molar refractivity (Wildman–Crippen MR) is 85.8 cm³/mol. The van der Waals surface area contributed by atoms with Gasteiger partial charge in [0.15, 0.2) is 5.13 Å². The SMILES string of the molecule is CNC1CCCc2nc(N3CCCC(N(C)C)C3)sc21. The minimum absolute atomic E-state index is 0.527. The number of aryl methyl sites for hydroxylation is 1. The maximum atomic E-state index is 4.95. The van der Waals surface area contributed by atoms with Crippen LogP contribution in [0.3, 0.4) is 0 Å². The molecule has 1 aromatic heterocycles. The Morgan fingerprint density at radius 1 is 1.30 bits per heavy atom. The van der Waals surface area contributed by atoms with Crippen molar-refractivity contribution in [1.29, 1.82) is 0 Å². The molecule has 1 saturated heterocycles. The van der Waals surface area contributed by atoms with Gasteiger partial charge in [-0.25, -0.2) is 4.98 Å². The van der Waals surface area contributed by atoms with Gasteiger partial charge in [-0.2, -0.15) is 0 Å². The summed E-state index contributed by atoms with van der Waals surface area (Å²) in [4.78, 5) is 11.3. The highest BCUT2D eigenvalue weighted by molar-refractivity contribution is 7.15. The summed E-state index contributed by atoms with van der Waals surface area (Å²) in [6, 6.07) is 1.20. The number of likely N-dealkylation sites (N-methyl/N-ethyl adjacent to an activating group) is 1. The Morgan fingerprint density at radius 2 is 2.15 bits per heavy atom. The first-order valence-electron chi connectivity index (χ1n) is 7.77. The molecule has 5 heteroatoms. The molecule has 4 nitrogen and oxygen atoms in total. The minimum Gasteiger partial charge on any atom is -0.347 e. The third-order valence-corrected chi connectivity index (χ3v) is 5.96. The van der Waals surface area contributed by atoms with Crippen molar-refractivity contribution in [2.24, 2.45) is 0 Å². The van der Waals surface area contributed by atoms with Gasteiger partial charge >= 0.3 is 0 Å². The van der Waals surface area contributed by atoms with Crippen molar-refractivity contribution in [3.05, 3.63) is 10.6 Å². The van der Waals surface area contributed by atoms with Crippen LogP contribution in [-0.2, 0) is 6.42 Å². The molecule has 0 amide bonds. The van der Waals surface area contributed by atoms with Crippen LogP contribution in [0.15, 0.2) is 0 Å². The number of rotatable bonds is 3. The summed E-state index contributed by atoms with van der Waals surface area (Å²) in [5, 5.41) is 4.70. The molecule has 1 aliphatic heterocycles. The second kappa shape index (κ2) is 6.00. The number of nitrogens with zero attached hydrogens (tertiary/aromatic N) is 3. The highest BCUT2D eigenvalue weighted by atomic mass is 32.1. The molecule has 3 rings (SSSR count). The third kappa shape index (κ3) is 2.71. The van der Waals surface area contributed by atoms with Crippen molar-refractivity contribution in [3.8, 4) is 0 Å². The van der Waals surface area contributed by atoms with Crippen LogP contribution in [0.2, 0.25) is 0 Å². The molecule has 0 aromatic carbocycles. The van der Waals surface area contributed by atoms with Gasteiger partial charge in [0.25, 0.3) is 0 Å². The molecule has 0 radical (unpaired) electrons. The van der Waals surface area contributed by atoms with Gasteiger partial charge in [0, 0.05) is 30.1 Å². The van der Waals surface area contributed by atoms with Crippen molar-refractivity contribution in [1.82, 2.24) is 15.2 Å². The van der Waals surface area contributed by atoms with Gasteiger partial charge in [-0.1, -0.05) is 11.3 Å². The summed E-state index contributed by atoms with van der Waals surface area (Å²) in [6.45, 7) is 2.30. The maximum absolute atomic E-state index is 4.95. The lowest BCUT2D eigenvalue weighted by Crippen LogP contribution is -2.45. The van der Waals surface area contributed by atoms with E-state index in [0.29, 0.717) is 12.1 Å². The van der Waals surface area contributed by atoms with Crippen molar-refractivity contribution in [2.75, 3.05) is 39.1 Å². The average molecular weight is 294 g/mol. The van der Waals surface area contributed by atoms with E-state index in [1.807, 2.05) is 11.3 Å². The highest BCUT2D eigenvalue weighted by Crippen LogP contribution is 2.38. The second-order valence-corrected chi connectivity index (χ2v) is 7.26. The molecule has 0 bridgehead atoms. The number of hydrogen-bond donors (Lipinski definition) is 1. The summed E-state index contributed by atoms with van der Waals surface area (Å²) >= 11 is 1.92. The van der Waals surface area contributed by atoms with Crippen LogP contribution in [0.4, 0.5) is 5.13 Å². The quantitative estimate of drug-likeness (QED) is 0.927. The average Bonchev–Trinajstić information content (AvgIpc) is 2.91. The number of anilines is 1. The molecule has 2 atom stereocenters. The number of aromatic nitrogens is 1. The first-order valence-corrected chi connectivity index (χ1v) is 8.59. The molecule has 20 heavy (non-hydrogen) atoms. The van der Waals surface area contributed by atoms with E-state index in [1.165, 1.54) is 47.9 Å². The van der Waals surface area contributed by atoms with Gasteiger partial charge in [0.1, 0.15) is 0 Å². The molecular formula is C15H26N4S. The van der Waals surface area contributed by atoms with Crippen molar-refractivity contribution >= 4 is 16.5 Å². The summed E-state index contributed by atoms with van der Waals surface area (Å²) in [5.74, 6) is 0. The summed E-state index contributed by atoms with van der Waals surface area (Å²) < 4.78 is 0. The van der Waals surface area contributed by atoms with Gasteiger partial charge in [-0.15, -0.1) is 0 Å². The lowest BCUT2D eigenvalue weighted by molar-refractivity contribution is 0.258. The van der Waals surface area contributed by atoms with Crippen LogP contribution in [0.1, 0.15) is 42.3 Å². The fraction of sp³-hybridized carbons (Fsp3) is 0.800. The lowest BCUT2D eigenvalue weighted by Gasteiger charge is -2.35. The van der Waals surface area contributed by atoms with Crippen molar-refractivity contribution < 1.29 is 0 Å². The summed E-state index contributed by atoms with van der Waals surface area (Å²) in [7, 11) is 6.46. The second-order valence-electron chi connectivity index (χ2n) is 6.25. The lowest BCUT2D eigenvalue weighted by atomic mass is 9.98. The van der Waals surface area contributed by atoms with E-state index in [0.717, 1.165) is 13.0 Å². The Hall–Kier alpha value is -0.650. The number of hydrogen-bond acceptors (Lipinski definition) is 5. The monoisotopic (exact) mass is 294 g/mol. The number of fused-ring (bicyclic) bond motifs is 1. The topological polar surface area (TPSA) is 31.4 Å². The normalized spacial score (nSPS) is 26.9. The Labute approximate surface area is 126 Å². The fourth-order valence-electron chi connectivity index (χ4n) is 3.37. The van der Waals surface area contributed by atoms with Crippen LogP contribution in [0.5, 0.6) is 0 Å². The van der Waals surface area contributed by atoms with Gasteiger partial charge < -0.3 is 15.1 Å². The Morgan fingerprint density at radius 3 is 2.90 bits per heavy atom. The number of thiazole rings is 1. The largest absolute Gasteiger partial charge is 0.347 e. The van der Waals surface area contributed by atoms with Gasteiger partial charge in [-0.05, 0) is 53.2 Å². The number of nitrogens with one attached hydrogen (secondary N) is 1. The van der Waals surface area contributed by atoms with Crippen molar-refractivity contribution in [3.63, 3.8) is 0 Å². The molecule has 1 N–H and O–H groups in total. The maximum Gasteiger partial charge on any atom is 0.185 e. The Balaban J connectivity index is 1.79. The van der Waals surface area contributed by atoms with E-state index in [-0.39, 0.29) is 0 Å². The van der Waals surface area contributed by atoms with Gasteiger partial charge in [-0.3, -0.25) is 0 Å². The van der Waals surface area contributed by atoms with Crippen LogP contribution in [0, 0.1) is 0 Å². The molecule has 0 spiro atoms.